The first-order valence-electron chi connectivity index (χ1n) is 9.97. The van der Waals surface area contributed by atoms with Crippen LogP contribution in [0.25, 0.3) is 11.1 Å². The predicted octanol–water partition coefficient (Wildman–Crippen LogP) is 4.92. The Kier molecular flexibility index (Phi) is 5.38. The van der Waals surface area contributed by atoms with Crippen molar-refractivity contribution in [3.63, 3.8) is 0 Å². The Bertz CT molecular complexity index is 1050. The minimum Gasteiger partial charge on any atom is -0.338 e. The van der Waals surface area contributed by atoms with Gasteiger partial charge in [0.05, 0.1) is 11.3 Å². The first-order valence-corrected chi connectivity index (χ1v) is 9.97. The minimum absolute atomic E-state index is 0.0942. The summed E-state index contributed by atoms with van der Waals surface area (Å²) in [5.74, 6) is 0.0827. The maximum Gasteiger partial charge on any atom is 0.256 e. The Balaban J connectivity index is 1.66. The highest BCUT2D eigenvalue weighted by Crippen LogP contribution is 2.33. The standard InChI is InChI=1S/C24H24FN3O/c1-16-7-5-8-18(13-16)21-14-26-17(2)27-23(21)19-9-6-12-28(15-19)24(29)20-10-3-4-11-22(20)25/h3-5,7-8,10-11,13-14,19H,6,9,12,15H2,1-2H3. The van der Waals surface area contributed by atoms with Gasteiger partial charge in [0, 0.05) is 30.8 Å². The number of nitrogens with zero attached hydrogens (tertiary/aromatic N) is 3. The molecule has 4 nitrogen and oxygen atoms in total. The lowest BCUT2D eigenvalue weighted by molar-refractivity contribution is 0.0701. The molecule has 29 heavy (non-hydrogen) atoms. The first kappa shape index (κ1) is 19.2. The van der Waals surface area contributed by atoms with Crippen LogP contribution < -0.4 is 0 Å². The highest BCUT2D eigenvalue weighted by Gasteiger charge is 2.29. The van der Waals surface area contributed by atoms with Gasteiger partial charge in [-0.3, -0.25) is 4.79 Å². The van der Waals surface area contributed by atoms with Gasteiger partial charge in [-0.1, -0.05) is 42.0 Å². The van der Waals surface area contributed by atoms with Crippen LogP contribution >= 0.6 is 0 Å². The van der Waals surface area contributed by atoms with Gasteiger partial charge in [0.25, 0.3) is 5.91 Å². The zero-order valence-electron chi connectivity index (χ0n) is 16.7. The Morgan fingerprint density at radius 2 is 1.97 bits per heavy atom. The molecular formula is C24H24FN3O. The van der Waals surface area contributed by atoms with E-state index in [-0.39, 0.29) is 17.4 Å². The summed E-state index contributed by atoms with van der Waals surface area (Å²) in [4.78, 5) is 23.8. The van der Waals surface area contributed by atoms with Crippen LogP contribution in [0.4, 0.5) is 4.39 Å². The normalized spacial score (nSPS) is 16.7. The predicted molar refractivity (Wildman–Crippen MR) is 111 cm³/mol. The Labute approximate surface area is 170 Å². The number of halogens is 1. The first-order chi connectivity index (χ1) is 14.0. The number of carbonyl (C=O) groups is 1. The van der Waals surface area contributed by atoms with Crippen molar-refractivity contribution >= 4 is 5.91 Å². The molecular weight excluding hydrogens is 365 g/mol. The monoisotopic (exact) mass is 389 g/mol. The number of benzene rings is 2. The third-order valence-electron chi connectivity index (χ3n) is 5.47. The van der Waals surface area contributed by atoms with E-state index in [9.17, 15) is 9.18 Å². The molecule has 1 unspecified atom stereocenters. The fourth-order valence-electron chi connectivity index (χ4n) is 4.02. The number of hydrogen-bond donors (Lipinski definition) is 0. The summed E-state index contributed by atoms with van der Waals surface area (Å²) in [6.45, 7) is 5.11. The van der Waals surface area contributed by atoms with Crippen molar-refractivity contribution in [2.24, 2.45) is 0 Å². The number of aryl methyl sites for hydroxylation is 2. The van der Waals surface area contributed by atoms with E-state index in [4.69, 9.17) is 4.98 Å². The summed E-state index contributed by atoms with van der Waals surface area (Å²) in [5.41, 5.74) is 4.36. The molecule has 148 valence electrons. The van der Waals surface area contributed by atoms with Gasteiger partial charge in [-0.05, 0) is 44.4 Å². The van der Waals surface area contributed by atoms with Gasteiger partial charge in [0.15, 0.2) is 0 Å². The average Bonchev–Trinajstić information content (AvgIpc) is 2.73. The van der Waals surface area contributed by atoms with E-state index >= 15 is 0 Å². The number of rotatable bonds is 3. The molecule has 2 heterocycles. The zero-order chi connectivity index (χ0) is 20.4. The molecule has 0 aliphatic carbocycles. The van der Waals surface area contributed by atoms with Crippen molar-refractivity contribution in [3.8, 4) is 11.1 Å². The van der Waals surface area contributed by atoms with Crippen molar-refractivity contribution < 1.29 is 9.18 Å². The van der Waals surface area contributed by atoms with Crippen LogP contribution in [0.15, 0.2) is 54.7 Å². The van der Waals surface area contributed by atoms with Gasteiger partial charge in [-0.15, -0.1) is 0 Å². The lowest BCUT2D eigenvalue weighted by Gasteiger charge is -2.33. The van der Waals surface area contributed by atoms with Crippen molar-refractivity contribution in [3.05, 3.63) is 83.2 Å². The molecule has 3 aromatic rings. The molecule has 0 N–H and O–H groups in total. The molecule has 0 bridgehead atoms. The molecule has 1 saturated heterocycles. The molecule has 4 rings (SSSR count). The number of aromatic nitrogens is 2. The van der Waals surface area contributed by atoms with Crippen LogP contribution in [0.1, 0.15) is 46.2 Å². The van der Waals surface area contributed by atoms with Crippen LogP contribution in [0.2, 0.25) is 0 Å². The van der Waals surface area contributed by atoms with Crippen molar-refractivity contribution in [2.45, 2.75) is 32.6 Å². The highest BCUT2D eigenvalue weighted by molar-refractivity contribution is 5.94. The van der Waals surface area contributed by atoms with E-state index < -0.39 is 5.82 Å². The molecule has 1 aliphatic rings. The molecule has 1 aromatic heterocycles. The second-order valence-corrected chi connectivity index (χ2v) is 7.66. The van der Waals surface area contributed by atoms with Crippen LogP contribution in [-0.2, 0) is 0 Å². The summed E-state index contributed by atoms with van der Waals surface area (Å²) >= 11 is 0. The largest absolute Gasteiger partial charge is 0.338 e. The summed E-state index contributed by atoms with van der Waals surface area (Å²) in [6, 6.07) is 14.5. The number of amides is 1. The van der Waals surface area contributed by atoms with Crippen molar-refractivity contribution in [1.82, 2.24) is 14.9 Å². The average molecular weight is 389 g/mol. The molecule has 2 aromatic carbocycles. The van der Waals surface area contributed by atoms with Crippen molar-refractivity contribution in [2.75, 3.05) is 13.1 Å². The van der Waals surface area contributed by atoms with E-state index in [2.05, 4.69) is 30.1 Å². The van der Waals surface area contributed by atoms with Crippen LogP contribution in [0.3, 0.4) is 0 Å². The fraction of sp³-hybridized carbons (Fsp3) is 0.292. The zero-order valence-corrected chi connectivity index (χ0v) is 16.7. The Hall–Kier alpha value is -3.08. The lowest BCUT2D eigenvalue weighted by Crippen LogP contribution is -2.39. The summed E-state index contributed by atoms with van der Waals surface area (Å²) < 4.78 is 14.1. The second-order valence-electron chi connectivity index (χ2n) is 7.66. The van der Waals surface area contributed by atoms with Gasteiger partial charge >= 0.3 is 0 Å². The second kappa shape index (κ2) is 8.11. The fourth-order valence-corrected chi connectivity index (χ4v) is 4.02. The third-order valence-corrected chi connectivity index (χ3v) is 5.47. The molecule has 1 aliphatic heterocycles. The van der Waals surface area contributed by atoms with Gasteiger partial charge in [0.1, 0.15) is 11.6 Å². The van der Waals surface area contributed by atoms with Gasteiger partial charge in [-0.25, -0.2) is 14.4 Å². The van der Waals surface area contributed by atoms with Crippen LogP contribution in [-0.4, -0.2) is 33.9 Å². The number of likely N-dealkylation sites (tertiary alicyclic amines) is 1. The molecule has 0 radical (unpaired) electrons. The molecule has 1 amide bonds. The minimum atomic E-state index is -0.474. The van der Waals surface area contributed by atoms with Gasteiger partial charge in [0.2, 0.25) is 0 Å². The highest BCUT2D eigenvalue weighted by atomic mass is 19.1. The number of piperidine rings is 1. The maximum absolute atomic E-state index is 14.1. The summed E-state index contributed by atoms with van der Waals surface area (Å²) in [7, 11) is 0. The maximum atomic E-state index is 14.1. The molecule has 1 fully saturated rings. The van der Waals surface area contributed by atoms with E-state index in [0.717, 1.165) is 29.7 Å². The van der Waals surface area contributed by atoms with E-state index in [1.807, 2.05) is 19.2 Å². The van der Waals surface area contributed by atoms with Gasteiger partial charge < -0.3 is 4.90 Å². The van der Waals surface area contributed by atoms with E-state index in [0.29, 0.717) is 18.9 Å². The van der Waals surface area contributed by atoms with Crippen LogP contribution in [0.5, 0.6) is 0 Å². The Morgan fingerprint density at radius 1 is 1.14 bits per heavy atom. The van der Waals surface area contributed by atoms with E-state index in [1.54, 1.807) is 23.1 Å². The van der Waals surface area contributed by atoms with Crippen LogP contribution in [0, 0.1) is 19.7 Å². The molecule has 0 saturated carbocycles. The van der Waals surface area contributed by atoms with E-state index in [1.165, 1.54) is 11.6 Å². The quantitative estimate of drug-likeness (QED) is 0.639. The summed E-state index contributed by atoms with van der Waals surface area (Å²) in [6.07, 6.45) is 3.68. The summed E-state index contributed by atoms with van der Waals surface area (Å²) in [5, 5.41) is 0. The topological polar surface area (TPSA) is 46.1 Å². The lowest BCUT2D eigenvalue weighted by atomic mass is 9.89. The molecule has 0 spiro atoms. The molecule has 1 atom stereocenters. The number of hydrogen-bond acceptors (Lipinski definition) is 3. The third kappa shape index (κ3) is 4.04. The smallest absolute Gasteiger partial charge is 0.256 e. The van der Waals surface area contributed by atoms with Gasteiger partial charge in [-0.2, -0.15) is 0 Å². The SMILES string of the molecule is Cc1cccc(-c2cnc(C)nc2C2CCCN(C(=O)c3ccccc3F)C2)c1. The van der Waals surface area contributed by atoms with Crippen molar-refractivity contribution in [1.29, 1.82) is 0 Å². The molecule has 5 heteroatoms. The Morgan fingerprint density at radius 3 is 2.76 bits per heavy atom. The number of carbonyl (C=O) groups excluding carboxylic acids is 1.